The molecule has 2 atom stereocenters. The van der Waals surface area contributed by atoms with Gasteiger partial charge < -0.3 is 20.8 Å². The molecule has 19 heavy (non-hydrogen) atoms. The van der Waals surface area contributed by atoms with Gasteiger partial charge in [-0.1, -0.05) is 6.07 Å². The van der Waals surface area contributed by atoms with E-state index in [1.807, 2.05) is 18.2 Å². The van der Waals surface area contributed by atoms with Gasteiger partial charge in [-0.05, 0) is 24.6 Å². The van der Waals surface area contributed by atoms with Crippen molar-refractivity contribution in [3.05, 3.63) is 42.0 Å². The Kier molecular flexibility index (Phi) is 2.72. The lowest BCUT2D eigenvalue weighted by Gasteiger charge is -2.24. The maximum absolute atomic E-state index is 11.6. The number of anilines is 1. The summed E-state index contributed by atoms with van der Waals surface area (Å²) < 4.78 is 5.49. The zero-order valence-corrected chi connectivity index (χ0v) is 10.4. The zero-order chi connectivity index (χ0) is 13.4. The largest absolute Gasteiger partial charge is 0.479 e. The Morgan fingerprint density at radius 1 is 1.47 bits per heavy atom. The van der Waals surface area contributed by atoms with Gasteiger partial charge in [0.1, 0.15) is 11.6 Å². The Hall–Kier alpha value is -2.34. The van der Waals surface area contributed by atoms with Gasteiger partial charge in [0.05, 0.1) is 11.7 Å². The second-order valence-electron chi connectivity index (χ2n) is 4.46. The average molecular weight is 258 g/mol. The van der Waals surface area contributed by atoms with E-state index in [4.69, 9.17) is 10.5 Å². The number of carbonyl (C=O) groups is 1. The van der Waals surface area contributed by atoms with Crippen LogP contribution in [0.5, 0.6) is 5.75 Å². The zero-order valence-electron chi connectivity index (χ0n) is 10.4. The molecule has 6 nitrogen and oxygen atoms in total. The smallest absolute Gasteiger partial charge is 0.265 e. The molecule has 1 aliphatic heterocycles. The number of fused-ring (bicyclic) bond motifs is 1. The molecule has 0 radical (unpaired) electrons. The first-order chi connectivity index (χ1) is 9.15. The standard InChI is InChI=1S/C13H14N4O2/c1-7-13(18)17-9-6-8(2-3-10(9)19-7)11(14)12-15-4-5-16-12/h2-7,11H,14H2,1H3,(H,15,16)(H,17,18). The predicted octanol–water partition coefficient (Wildman–Crippen LogP) is 1.18. The van der Waals surface area contributed by atoms with E-state index in [9.17, 15) is 4.79 Å². The van der Waals surface area contributed by atoms with E-state index in [0.29, 0.717) is 17.3 Å². The van der Waals surface area contributed by atoms with Crippen LogP contribution >= 0.6 is 0 Å². The lowest BCUT2D eigenvalue weighted by molar-refractivity contribution is -0.122. The molecule has 1 aromatic heterocycles. The summed E-state index contributed by atoms with van der Waals surface area (Å²) in [5, 5.41) is 2.80. The van der Waals surface area contributed by atoms with Gasteiger partial charge in [-0.2, -0.15) is 0 Å². The lowest BCUT2D eigenvalue weighted by Crippen LogP contribution is -2.34. The molecule has 1 aromatic carbocycles. The molecule has 6 heteroatoms. The van der Waals surface area contributed by atoms with Gasteiger partial charge in [0.15, 0.2) is 6.10 Å². The fourth-order valence-corrected chi connectivity index (χ4v) is 2.03. The first-order valence-corrected chi connectivity index (χ1v) is 6.01. The number of aromatic amines is 1. The third-order valence-electron chi connectivity index (χ3n) is 3.11. The van der Waals surface area contributed by atoms with E-state index >= 15 is 0 Å². The molecule has 4 N–H and O–H groups in total. The number of hydrogen-bond donors (Lipinski definition) is 3. The van der Waals surface area contributed by atoms with Crippen LogP contribution in [-0.2, 0) is 4.79 Å². The summed E-state index contributed by atoms with van der Waals surface area (Å²) in [5.74, 6) is 1.18. The van der Waals surface area contributed by atoms with Crippen molar-refractivity contribution in [2.45, 2.75) is 19.1 Å². The number of imidazole rings is 1. The van der Waals surface area contributed by atoms with Crippen molar-refractivity contribution in [3.63, 3.8) is 0 Å². The molecule has 3 rings (SSSR count). The summed E-state index contributed by atoms with van der Waals surface area (Å²) in [5.41, 5.74) is 7.60. The maximum atomic E-state index is 11.6. The molecule has 2 unspecified atom stereocenters. The summed E-state index contributed by atoms with van der Waals surface area (Å²) in [6.45, 7) is 1.71. The molecule has 0 aliphatic carbocycles. The number of ether oxygens (including phenoxy) is 1. The highest BCUT2D eigenvalue weighted by Gasteiger charge is 2.24. The summed E-state index contributed by atoms with van der Waals surface area (Å²) in [4.78, 5) is 18.7. The van der Waals surface area contributed by atoms with Gasteiger partial charge in [0.2, 0.25) is 0 Å². The summed E-state index contributed by atoms with van der Waals surface area (Å²) in [7, 11) is 0. The van der Waals surface area contributed by atoms with Gasteiger partial charge in [-0.25, -0.2) is 4.98 Å². The number of hydrogen-bond acceptors (Lipinski definition) is 4. The molecule has 1 aliphatic rings. The molecule has 2 aromatic rings. The van der Waals surface area contributed by atoms with Crippen molar-refractivity contribution in [2.75, 3.05) is 5.32 Å². The second kappa shape index (κ2) is 4.40. The molecular weight excluding hydrogens is 244 g/mol. The van der Waals surface area contributed by atoms with E-state index in [1.165, 1.54) is 0 Å². The molecule has 1 amide bonds. The van der Waals surface area contributed by atoms with Crippen molar-refractivity contribution in [1.29, 1.82) is 0 Å². The van der Waals surface area contributed by atoms with Gasteiger partial charge in [-0.3, -0.25) is 4.79 Å². The van der Waals surface area contributed by atoms with Crippen LogP contribution in [0.4, 0.5) is 5.69 Å². The Balaban J connectivity index is 1.94. The molecule has 0 fully saturated rings. The number of rotatable bonds is 2. The molecule has 98 valence electrons. The minimum atomic E-state index is -0.475. The molecule has 0 spiro atoms. The highest BCUT2D eigenvalue weighted by Crippen LogP contribution is 2.32. The van der Waals surface area contributed by atoms with Gasteiger partial charge in [0.25, 0.3) is 5.91 Å². The SMILES string of the molecule is CC1Oc2ccc(C(N)c3ncc[nH]3)cc2NC1=O. The number of benzene rings is 1. The van der Waals surface area contributed by atoms with E-state index in [2.05, 4.69) is 15.3 Å². The number of carbonyl (C=O) groups excluding carboxylic acids is 1. The third-order valence-corrected chi connectivity index (χ3v) is 3.11. The molecule has 0 saturated heterocycles. The van der Waals surface area contributed by atoms with E-state index < -0.39 is 6.10 Å². The van der Waals surface area contributed by atoms with Crippen LogP contribution in [0.2, 0.25) is 0 Å². The number of amides is 1. The monoisotopic (exact) mass is 258 g/mol. The number of nitrogens with zero attached hydrogens (tertiary/aromatic N) is 1. The minimum absolute atomic E-state index is 0.156. The van der Waals surface area contributed by atoms with Gasteiger partial charge >= 0.3 is 0 Å². The van der Waals surface area contributed by atoms with E-state index in [0.717, 1.165) is 5.56 Å². The topological polar surface area (TPSA) is 93.0 Å². The number of nitrogens with one attached hydrogen (secondary N) is 2. The summed E-state index contributed by atoms with van der Waals surface area (Å²) in [6.07, 6.45) is 2.90. The van der Waals surface area contributed by atoms with Crippen molar-refractivity contribution in [1.82, 2.24) is 9.97 Å². The average Bonchev–Trinajstić information content (AvgIpc) is 2.93. The predicted molar refractivity (Wildman–Crippen MR) is 69.8 cm³/mol. The van der Waals surface area contributed by atoms with Crippen LogP contribution in [0, 0.1) is 0 Å². The van der Waals surface area contributed by atoms with E-state index in [1.54, 1.807) is 19.3 Å². The van der Waals surface area contributed by atoms with Gasteiger partial charge in [-0.15, -0.1) is 0 Å². The number of nitrogens with two attached hydrogens (primary N) is 1. The quantitative estimate of drug-likeness (QED) is 0.754. The number of aromatic nitrogens is 2. The summed E-state index contributed by atoms with van der Waals surface area (Å²) in [6, 6.07) is 5.13. The normalized spacial score (nSPS) is 19.3. The van der Waals surface area contributed by atoms with Crippen LogP contribution in [0.25, 0.3) is 0 Å². The van der Waals surface area contributed by atoms with Crippen LogP contribution in [0.1, 0.15) is 24.4 Å². The first kappa shape index (κ1) is 11.7. The molecular formula is C13H14N4O2. The van der Waals surface area contributed by atoms with E-state index in [-0.39, 0.29) is 11.9 Å². The minimum Gasteiger partial charge on any atom is -0.479 e. The summed E-state index contributed by atoms with van der Waals surface area (Å²) >= 11 is 0. The highest BCUT2D eigenvalue weighted by atomic mass is 16.5. The first-order valence-electron chi connectivity index (χ1n) is 6.01. The fourth-order valence-electron chi connectivity index (χ4n) is 2.03. The molecule has 0 saturated carbocycles. The highest BCUT2D eigenvalue weighted by molar-refractivity contribution is 5.97. The Morgan fingerprint density at radius 3 is 3.05 bits per heavy atom. The maximum Gasteiger partial charge on any atom is 0.265 e. The fraction of sp³-hybridized carbons (Fsp3) is 0.231. The Morgan fingerprint density at radius 2 is 2.32 bits per heavy atom. The lowest BCUT2D eigenvalue weighted by atomic mass is 10.1. The van der Waals surface area contributed by atoms with Crippen molar-refractivity contribution in [2.24, 2.45) is 5.73 Å². The Bertz CT molecular complexity index is 609. The van der Waals surface area contributed by atoms with Crippen LogP contribution in [0.3, 0.4) is 0 Å². The molecule has 0 bridgehead atoms. The van der Waals surface area contributed by atoms with Crippen LogP contribution < -0.4 is 15.8 Å². The van der Waals surface area contributed by atoms with Crippen LogP contribution in [-0.4, -0.2) is 22.0 Å². The van der Waals surface area contributed by atoms with Crippen LogP contribution in [0.15, 0.2) is 30.6 Å². The Labute approximate surface area is 110 Å². The number of H-pyrrole nitrogens is 1. The van der Waals surface area contributed by atoms with Crippen molar-refractivity contribution in [3.8, 4) is 5.75 Å². The van der Waals surface area contributed by atoms with Crippen molar-refractivity contribution < 1.29 is 9.53 Å². The van der Waals surface area contributed by atoms with Gasteiger partial charge in [0, 0.05) is 12.4 Å². The van der Waals surface area contributed by atoms with Crippen molar-refractivity contribution >= 4 is 11.6 Å². The third kappa shape index (κ3) is 2.06. The second-order valence-corrected chi connectivity index (χ2v) is 4.46. The molecule has 2 heterocycles.